The van der Waals surface area contributed by atoms with Crippen molar-refractivity contribution in [3.63, 3.8) is 0 Å². The van der Waals surface area contributed by atoms with E-state index in [1.54, 1.807) is 24.3 Å². The number of nitrogens with two attached hydrogens (primary N) is 1. The van der Waals surface area contributed by atoms with Crippen LogP contribution in [0, 0.1) is 5.82 Å². The summed E-state index contributed by atoms with van der Waals surface area (Å²) in [6, 6.07) is 9.30. The van der Waals surface area contributed by atoms with Crippen LogP contribution in [0.3, 0.4) is 0 Å². The van der Waals surface area contributed by atoms with Crippen molar-refractivity contribution in [2.45, 2.75) is 69.2 Å². The largest absolute Gasteiger partial charge is 0.490 e. The average Bonchev–Trinajstić information content (AvgIpc) is 3.48. The fourth-order valence-corrected chi connectivity index (χ4v) is 5.80. The van der Waals surface area contributed by atoms with Gasteiger partial charge in [-0.15, -0.1) is 0 Å². The molecule has 3 atom stereocenters. The number of carbonyl (C=O) groups is 1. The van der Waals surface area contributed by atoms with Crippen LogP contribution in [0.25, 0.3) is 0 Å². The number of fused-ring (bicyclic) bond motifs is 2. The van der Waals surface area contributed by atoms with Crippen molar-refractivity contribution >= 4 is 29.1 Å². The van der Waals surface area contributed by atoms with Crippen LogP contribution in [0.1, 0.15) is 65.9 Å². The van der Waals surface area contributed by atoms with Gasteiger partial charge in [0.2, 0.25) is 0 Å². The molecule has 31 heavy (non-hydrogen) atoms. The average molecular weight is 463 g/mol. The van der Waals surface area contributed by atoms with Gasteiger partial charge in [-0.25, -0.2) is 4.39 Å². The van der Waals surface area contributed by atoms with Crippen LogP contribution in [0.4, 0.5) is 4.39 Å². The first-order valence-corrected chi connectivity index (χ1v) is 11.6. The lowest BCUT2D eigenvalue weighted by Gasteiger charge is -2.39. The fourth-order valence-electron chi connectivity index (χ4n) is 5.30. The van der Waals surface area contributed by atoms with E-state index < -0.39 is 11.7 Å². The third-order valence-electron chi connectivity index (χ3n) is 6.84. The molecule has 2 aromatic rings. The second kappa shape index (κ2) is 8.27. The Morgan fingerprint density at radius 1 is 1.03 bits per heavy atom. The normalized spacial score (nSPS) is 25.6. The van der Waals surface area contributed by atoms with Gasteiger partial charge in [-0.1, -0.05) is 23.2 Å². The van der Waals surface area contributed by atoms with Crippen molar-refractivity contribution < 1.29 is 13.9 Å². The molecule has 0 spiro atoms. The van der Waals surface area contributed by atoms with Gasteiger partial charge in [0, 0.05) is 28.7 Å². The van der Waals surface area contributed by atoms with Crippen molar-refractivity contribution in [2.75, 3.05) is 0 Å². The number of rotatable bonds is 6. The van der Waals surface area contributed by atoms with E-state index in [1.807, 2.05) is 0 Å². The number of primary amides is 1. The molecule has 1 amide bonds. The first kappa shape index (κ1) is 21.0. The van der Waals surface area contributed by atoms with Gasteiger partial charge in [0.05, 0.1) is 5.56 Å². The Morgan fingerprint density at radius 3 is 2.26 bits per heavy atom. The van der Waals surface area contributed by atoms with Crippen LogP contribution in [0.15, 0.2) is 30.3 Å². The molecule has 0 aromatic heterocycles. The minimum absolute atomic E-state index is 0.000845. The molecule has 2 saturated heterocycles. The molecule has 2 bridgehead atoms. The lowest BCUT2D eigenvalue weighted by Crippen LogP contribution is -2.45. The molecule has 5 rings (SSSR count). The van der Waals surface area contributed by atoms with Crippen LogP contribution < -0.4 is 10.5 Å². The van der Waals surface area contributed by atoms with Gasteiger partial charge in [-0.05, 0) is 85.9 Å². The molecule has 164 valence electrons. The molecule has 1 unspecified atom stereocenters. The monoisotopic (exact) mass is 462 g/mol. The van der Waals surface area contributed by atoms with Crippen LogP contribution >= 0.6 is 23.2 Å². The van der Waals surface area contributed by atoms with E-state index in [0.717, 1.165) is 49.7 Å². The molecule has 3 fully saturated rings. The summed E-state index contributed by atoms with van der Waals surface area (Å²) in [5.41, 5.74) is 7.44. The lowest BCUT2D eigenvalue weighted by molar-refractivity contribution is 0.0443. The molecular formula is C24H25Cl2FN2O2. The van der Waals surface area contributed by atoms with E-state index in [-0.39, 0.29) is 11.7 Å². The highest BCUT2D eigenvalue weighted by Crippen LogP contribution is 2.44. The maximum absolute atomic E-state index is 14.5. The zero-order chi connectivity index (χ0) is 21.7. The van der Waals surface area contributed by atoms with Crippen molar-refractivity contribution in [1.82, 2.24) is 4.90 Å². The second-order valence-electron chi connectivity index (χ2n) is 9.04. The Bertz CT molecular complexity index is 993. The minimum Gasteiger partial charge on any atom is -0.490 e. The molecule has 7 heteroatoms. The van der Waals surface area contributed by atoms with E-state index >= 15 is 0 Å². The van der Waals surface area contributed by atoms with Gasteiger partial charge in [-0.3, -0.25) is 9.69 Å². The first-order valence-electron chi connectivity index (χ1n) is 10.9. The predicted octanol–water partition coefficient (Wildman–Crippen LogP) is 5.68. The fraction of sp³-hybridized carbons (Fsp3) is 0.458. The second-order valence-corrected chi connectivity index (χ2v) is 9.92. The maximum Gasteiger partial charge on any atom is 0.251 e. The maximum atomic E-state index is 14.5. The summed E-state index contributed by atoms with van der Waals surface area (Å²) < 4.78 is 20.8. The van der Waals surface area contributed by atoms with E-state index in [4.69, 9.17) is 33.7 Å². The Kier molecular flexibility index (Phi) is 5.61. The highest BCUT2D eigenvalue weighted by molar-refractivity contribution is 6.34. The number of nitrogens with zero attached hydrogens (tertiary/aromatic N) is 1. The first-order chi connectivity index (χ1) is 14.9. The lowest BCUT2D eigenvalue weighted by atomic mass is 9.95. The molecule has 2 N–H and O–H groups in total. The van der Waals surface area contributed by atoms with Crippen LogP contribution in [0.5, 0.6) is 5.75 Å². The van der Waals surface area contributed by atoms with Gasteiger partial charge in [0.15, 0.2) is 0 Å². The van der Waals surface area contributed by atoms with Gasteiger partial charge < -0.3 is 10.5 Å². The Morgan fingerprint density at radius 2 is 1.68 bits per heavy atom. The summed E-state index contributed by atoms with van der Waals surface area (Å²) in [7, 11) is 0. The van der Waals surface area contributed by atoms with Crippen molar-refractivity contribution in [1.29, 1.82) is 0 Å². The minimum atomic E-state index is -0.704. The molecule has 2 aliphatic heterocycles. The Hall–Kier alpha value is -1.82. The van der Waals surface area contributed by atoms with Crippen LogP contribution in [-0.4, -0.2) is 29.0 Å². The number of halogens is 3. The number of amides is 1. The molecule has 1 saturated carbocycles. The van der Waals surface area contributed by atoms with Gasteiger partial charge in [0.1, 0.15) is 17.7 Å². The van der Waals surface area contributed by atoms with E-state index in [9.17, 15) is 9.18 Å². The van der Waals surface area contributed by atoms with E-state index in [2.05, 4.69) is 4.90 Å². The number of ether oxygens (including phenoxy) is 1. The Balaban J connectivity index is 1.32. The standard InChI is InChI=1S/C24H25Cl2FN2O2/c25-15-6-16(26)8-19(7-15)31-20-9-17-3-4-18(10-20)29(17)12-14-5-23(27)22(24(28)30)11-21(14)13-1-2-13/h5-8,11,13,17-18,20H,1-4,9-10,12H2,(H2,28,30)/t17-,18+,20?. The van der Waals surface area contributed by atoms with E-state index in [0.29, 0.717) is 40.3 Å². The van der Waals surface area contributed by atoms with Crippen molar-refractivity contribution in [3.05, 3.63) is 62.9 Å². The number of carbonyl (C=O) groups excluding carboxylic acids is 1. The summed E-state index contributed by atoms with van der Waals surface area (Å²) in [6.45, 7) is 0.701. The van der Waals surface area contributed by atoms with E-state index in [1.165, 1.54) is 6.07 Å². The van der Waals surface area contributed by atoms with Crippen molar-refractivity contribution in [2.24, 2.45) is 5.73 Å². The summed E-state index contributed by atoms with van der Waals surface area (Å²) in [5.74, 6) is -0.101. The van der Waals surface area contributed by atoms with Gasteiger partial charge >= 0.3 is 0 Å². The molecule has 2 heterocycles. The summed E-state index contributed by atoms with van der Waals surface area (Å²) in [4.78, 5) is 14.1. The number of benzene rings is 2. The zero-order valence-electron chi connectivity index (χ0n) is 17.1. The molecular weight excluding hydrogens is 438 g/mol. The van der Waals surface area contributed by atoms with Crippen molar-refractivity contribution in [3.8, 4) is 5.75 Å². The molecule has 0 radical (unpaired) electrons. The zero-order valence-corrected chi connectivity index (χ0v) is 18.6. The predicted molar refractivity (Wildman–Crippen MR) is 119 cm³/mol. The molecule has 2 aromatic carbocycles. The third-order valence-corrected chi connectivity index (χ3v) is 7.28. The van der Waals surface area contributed by atoms with Gasteiger partial charge in [0.25, 0.3) is 5.91 Å². The molecule has 1 aliphatic carbocycles. The Labute approximate surface area is 191 Å². The summed E-state index contributed by atoms with van der Waals surface area (Å²) in [6.07, 6.45) is 6.34. The van der Waals surface area contributed by atoms with Gasteiger partial charge in [-0.2, -0.15) is 0 Å². The SMILES string of the molecule is NC(=O)c1cc(C2CC2)c(CN2[C@@H]3CC[C@H]2CC(Oc2cc(Cl)cc(Cl)c2)C3)cc1F. The topological polar surface area (TPSA) is 55.6 Å². The third kappa shape index (κ3) is 4.41. The quantitative estimate of drug-likeness (QED) is 0.600. The number of hydrogen-bond donors (Lipinski definition) is 1. The number of piperidine rings is 1. The smallest absolute Gasteiger partial charge is 0.251 e. The highest BCUT2D eigenvalue weighted by atomic mass is 35.5. The number of hydrogen-bond acceptors (Lipinski definition) is 3. The molecule has 4 nitrogen and oxygen atoms in total. The highest BCUT2D eigenvalue weighted by Gasteiger charge is 2.42. The summed E-state index contributed by atoms with van der Waals surface area (Å²) in [5, 5.41) is 1.13. The van der Waals surface area contributed by atoms with Crippen LogP contribution in [-0.2, 0) is 6.54 Å². The van der Waals surface area contributed by atoms with Crippen LogP contribution in [0.2, 0.25) is 10.0 Å². The molecule has 3 aliphatic rings. The summed E-state index contributed by atoms with van der Waals surface area (Å²) >= 11 is 12.2.